The van der Waals surface area contributed by atoms with Gasteiger partial charge >= 0.3 is 5.97 Å². The number of rotatable bonds is 9. The molecule has 2 aromatic carbocycles. The van der Waals surface area contributed by atoms with Crippen LogP contribution in [0.5, 0.6) is 0 Å². The van der Waals surface area contributed by atoms with Crippen molar-refractivity contribution in [3.8, 4) is 0 Å². The summed E-state index contributed by atoms with van der Waals surface area (Å²) < 4.78 is 5.53. The topological polar surface area (TPSA) is 46.5 Å². The number of aryl methyl sites for hydroxylation is 1. The summed E-state index contributed by atoms with van der Waals surface area (Å²) in [7, 11) is 0. The minimum absolute atomic E-state index is 0.404. The van der Waals surface area contributed by atoms with E-state index in [1.54, 1.807) is 0 Å². The van der Waals surface area contributed by atoms with Gasteiger partial charge in [-0.1, -0.05) is 53.6 Å². The van der Waals surface area contributed by atoms with E-state index in [2.05, 4.69) is 0 Å². The first kappa shape index (κ1) is 19.6. The molecule has 1 atom stereocenters. The number of carboxylic acid groups (broad SMARTS) is 1. The van der Waals surface area contributed by atoms with Crippen LogP contribution in [0.25, 0.3) is 6.08 Å². The summed E-state index contributed by atoms with van der Waals surface area (Å²) in [5.74, 6) is -0.814. The van der Waals surface area contributed by atoms with Gasteiger partial charge in [-0.05, 0) is 43.2 Å². The van der Waals surface area contributed by atoms with Crippen LogP contribution >= 0.6 is 23.4 Å². The number of halogens is 1. The lowest BCUT2D eigenvalue weighted by molar-refractivity contribution is -0.136. The molecule has 0 saturated heterocycles. The second-order valence-corrected chi connectivity index (χ2v) is 7.29. The minimum atomic E-state index is -0.814. The maximum absolute atomic E-state index is 11.4. The lowest BCUT2D eigenvalue weighted by Crippen LogP contribution is -2.18. The molecule has 1 unspecified atom stereocenters. The highest BCUT2D eigenvalue weighted by molar-refractivity contribution is 8.00. The third kappa shape index (κ3) is 7.34. The molecule has 0 bridgehead atoms. The van der Waals surface area contributed by atoms with Crippen LogP contribution < -0.4 is 0 Å². The lowest BCUT2D eigenvalue weighted by atomic mass is 10.2. The summed E-state index contributed by atoms with van der Waals surface area (Å²) in [5, 5.41) is 9.56. The van der Waals surface area contributed by atoms with E-state index in [1.165, 1.54) is 11.8 Å². The molecule has 2 aromatic rings. The highest BCUT2D eigenvalue weighted by Gasteiger charge is 2.18. The summed E-state index contributed by atoms with van der Waals surface area (Å²) in [6.45, 7) is 2.86. The number of thioether (sulfide) groups is 1. The number of carboxylic acids is 1. The Labute approximate surface area is 157 Å². The normalized spacial score (nSPS) is 12.4. The molecule has 0 amide bonds. The third-order valence-electron chi connectivity index (χ3n) is 3.49. The fourth-order valence-corrected chi connectivity index (χ4v) is 3.18. The van der Waals surface area contributed by atoms with Crippen molar-refractivity contribution in [2.24, 2.45) is 0 Å². The first-order valence-electron chi connectivity index (χ1n) is 8.00. The van der Waals surface area contributed by atoms with Gasteiger partial charge < -0.3 is 9.84 Å². The maximum atomic E-state index is 11.4. The molecular formula is C20H21ClO3S. The second-order valence-electron chi connectivity index (χ2n) is 5.58. The SMILES string of the molecule is Cc1ccc(SC(CCOC/C=C/c2ccc(Cl)cc2)C(=O)O)cc1. The van der Waals surface area contributed by atoms with E-state index >= 15 is 0 Å². The van der Waals surface area contributed by atoms with E-state index in [0.29, 0.717) is 24.7 Å². The average Bonchev–Trinajstić information content (AvgIpc) is 2.60. The van der Waals surface area contributed by atoms with E-state index in [1.807, 2.05) is 67.6 Å². The Kier molecular flexibility index (Phi) is 8.06. The number of carbonyl (C=O) groups is 1. The van der Waals surface area contributed by atoms with E-state index in [0.717, 1.165) is 16.0 Å². The van der Waals surface area contributed by atoms with Gasteiger partial charge in [0.05, 0.1) is 6.61 Å². The molecule has 5 heteroatoms. The van der Waals surface area contributed by atoms with E-state index in [-0.39, 0.29) is 0 Å². The quantitative estimate of drug-likeness (QED) is 0.475. The zero-order valence-electron chi connectivity index (χ0n) is 14.0. The van der Waals surface area contributed by atoms with Crippen molar-refractivity contribution in [2.45, 2.75) is 23.5 Å². The predicted molar refractivity (Wildman–Crippen MR) is 104 cm³/mol. The molecule has 25 heavy (non-hydrogen) atoms. The van der Waals surface area contributed by atoms with Gasteiger partial charge in [0.1, 0.15) is 5.25 Å². The highest BCUT2D eigenvalue weighted by Crippen LogP contribution is 2.26. The summed E-state index contributed by atoms with van der Waals surface area (Å²) in [5.41, 5.74) is 2.21. The summed E-state index contributed by atoms with van der Waals surface area (Å²) in [4.78, 5) is 12.4. The number of hydrogen-bond acceptors (Lipinski definition) is 3. The molecule has 0 aliphatic heterocycles. The van der Waals surface area contributed by atoms with Gasteiger partial charge in [-0.15, -0.1) is 11.8 Å². The minimum Gasteiger partial charge on any atom is -0.480 e. The van der Waals surface area contributed by atoms with Crippen LogP contribution in [0.15, 0.2) is 59.5 Å². The molecule has 0 aliphatic rings. The van der Waals surface area contributed by atoms with Crippen LogP contribution in [0.1, 0.15) is 17.5 Å². The number of hydrogen-bond donors (Lipinski definition) is 1. The van der Waals surface area contributed by atoms with Gasteiger partial charge in [0.2, 0.25) is 0 Å². The Morgan fingerprint density at radius 2 is 1.88 bits per heavy atom. The first-order chi connectivity index (χ1) is 12.0. The molecule has 1 N–H and O–H groups in total. The summed E-state index contributed by atoms with van der Waals surface area (Å²) in [6, 6.07) is 15.4. The van der Waals surface area contributed by atoms with Gasteiger partial charge in [0, 0.05) is 16.5 Å². The molecular weight excluding hydrogens is 356 g/mol. The van der Waals surface area contributed by atoms with Crippen molar-refractivity contribution in [2.75, 3.05) is 13.2 Å². The van der Waals surface area contributed by atoms with Crippen molar-refractivity contribution in [3.63, 3.8) is 0 Å². The molecule has 0 heterocycles. The Bertz CT molecular complexity index is 696. The Morgan fingerprint density at radius 3 is 2.52 bits per heavy atom. The van der Waals surface area contributed by atoms with E-state index < -0.39 is 11.2 Å². The first-order valence-corrected chi connectivity index (χ1v) is 9.26. The smallest absolute Gasteiger partial charge is 0.317 e. The van der Waals surface area contributed by atoms with Gasteiger partial charge in [-0.25, -0.2) is 0 Å². The van der Waals surface area contributed by atoms with Crippen LogP contribution in [0.3, 0.4) is 0 Å². The number of benzene rings is 2. The molecule has 0 spiro atoms. The van der Waals surface area contributed by atoms with Crippen LogP contribution in [-0.4, -0.2) is 29.5 Å². The molecule has 2 rings (SSSR count). The van der Waals surface area contributed by atoms with Gasteiger partial charge in [-0.3, -0.25) is 4.79 Å². The van der Waals surface area contributed by atoms with Crippen molar-refractivity contribution in [1.29, 1.82) is 0 Å². The van der Waals surface area contributed by atoms with Gasteiger partial charge in [0.15, 0.2) is 0 Å². The van der Waals surface area contributed by atoms with Crippen LogP contribution in [0.2, 0.25) is 5.02 Å². The molecule has 3 nitrogen and oxygen atoms in total. The Balaban J connectivity index is 1.73. The molecule has 0 aliphatic carbocycles. The van der Waals surface area contributed by atoms with Crippen molar-refractivity contribution in [1.82, 2.24) is 0 Å². The Hall–Kier alpha value is -1.75. The standard InChI is InChI=1S/C20H21ClO3S/c1-15-4-10-18(11-5-15)25-19(20(22)23)12-14-24-13-2-3-16-6-8-17(21)9-7-16/h2-11,19H,12-14H2,1H3,(H,22,23)/b3-2+. The van der Waals surface area contributed by atoms with Crippen LogP contribution in [0, 0.1) is 6.92 Å². The zero-order chi connectivity index (χ0) is 18.1. The highest BCUT2D eigenvalue weighted by atomic mass is 35.5. The predicted octanol–water partition coefficient (Wildman–Crippen LogP) is 5.31. The lowest BCUT2D eigenvalue weighted by Gasteiger charge is -2.12. The largest absolute Gasteiger partial charge is 0.480 e. The van der Waals surface area contributed by atoms with Crippen molar-refractivity contribution < 1.29 is 14.6 Å². The zero-order valence-corrected chi connectivity index (χ0v) is 15.6. The summed E-state index contributed by atoms with van der Waals surface area (Å²) >= 11 is 7.19. The van der Waals surface area contributed by atoms with Gasteiger partial charge in [-0.2, -0.15) is 0 Å². The van der Waals surface area contributed by atoms with Crippen molar-refractivity contribution in [3.05, 3.63) is 70.8 Å². The molecule has 0 radical (unpaired) electrons. The molecule has 0 fully saturated rings. The van der Waals surface area contributed by atoms with Crippen molar-refractivity contribution >= 4 is 35.4 Å². The monoisotopic (exact) mass is 376 g/mol. The third-order valence-corrected chi connectivity index (χ3v) is 5.01. The Morgan fingerprint density at radius 1 is 1.20 bits per heavy atom. The van der Waals surface area contributed by atoms with Crippen LogP contribution in [-0.2, 0) is 9.53 Å². The van der Waals surface area contributed by atoms with Crippen LogP contribution in [0.4, 0.5) is 0 Å². The fourth-order valence-electron chi connectivity index (χ4n) is 2.11. The molecule has 132 valence electrons. The molecule has 0 aromatic heterocycles. The second kappa shape index (κ2) is 10.3. The molecule has 0 saturated carbocycles. The average molecular weight is 377 g/mol. The number of ether oxygens (including phenoxy) is 1. The number of aliphatic carboxylic acids is 1. The summed E-state index contributed by atoms with van der Waals surface area (Å²) in [6.07, 6.45) is 4.32. The van der Waals surface area contributed by atoms with Gasteiger partial charge in [0.25, 0.3) is 0 Å². The fraction of sp³-hybridized carbons (Fsp3) is 0.250. The van der Waals surface area contributed by atoms with E-state index in [4.69, 9.17) is 16.3 Å². The van der Waals surface area contributed by atoms with E-state index in [9.17, 15) is 9.90 Å². The maximum Gasteiger partial charge on any atom is 0.317 e.